The first kappa shape index (κ1) is 16.3. The van der Waals surface area contributed by atoms with Crippen LogP contribution < -0.4 is 5.73 Å². The van der Waals surface area contributed by atoms with Gasteiger partial charge in [0.2, 0.25) is 0 Å². The molecule has 0 aliphatic carbocycles. The number of furan rings is 1. The quantitative estimate of drug-likeness (QED) is 0.936. The Bertz CT molecular complexity index is 579. The molecule has 21 heavy (non-hydrogen) atoms. The summed E-state index contributed by atoms with van der Waals surface area (Å²) >= 11 is 0. The maximum absolute atomic E-state index is 5.87. The highest BCUT2D eigenvalue weighted by Crippen LogP contribution is 2.28. The lowest BCUT2D eigenvalue weighted by atomic mass is 9.94. The number of halogens is 1. The van der Waals surface area contributed by atoms with Crippen molar-refractivity contribution < 1.29 is 4.42 Å². The summed E-state index contributed by atoms with van der Waals surface area (Å²) in [5.41, 5.74) is 8.07. The van der Waals surface area contributed by atoms with Gasteiger partial charge in [-0.05, 0) is 51.3 Å². The topological polar surface area (TPSA) is 42.4 Å². The molecule has 2 N–H and O–H groups in total. The number of para-hydroxylation sites is 1. The maximum atomic E-state index is 5.87. The Kier molecular flexibility index (Phi) is 5.68. The highest BCUT2D eigenvalue weighted by Gasteiger charge is 2.21. The summed E-state index contributed by atoms with van der Waals surface area (Å²) in [5, 5.41) is 1.27. The molecule has 2 aromatic rings. The van der Waals surface area contributed by atoms with E-state index in [2.05, 4.69) is 30.0 Å². The van der Waals surface area contributed by atoms with E-state index in [1.807, 2.05) is 6.07 Å². The molecular formula is C17H25ClN2O. The molecule has 4 heteroatoms. The molecule has 0 saturated carbocycles. The number of hydrogen-bond acceptors (Lipinski definition) is 3. The molecule has 1 aromatic carbocycles. The van der Waals surface area contributed by atoms with E-state index >= 15 is 0 Å². The molecule has 1 fully saturated rings. The second kappa shape index (κ2) is 7.30. The lowest BCUT2D eigenvalue weighted by Crippen LogP contribution is -2.35. The Labute approximate surface area is 132 Å². The summed E-state index contributed by atoms with van der Waals surface area (Å²) in [6.45, 7) is 6.27. The van der Waals surface area contributed by atoms with Crippen molar-refractivity contribution in [2.75, 3.05) is 19.6 Å². The normalized spacial score (nSPS) is 19.6. The monoisotopic (exact) mass is 308 g/mol. The largest absolute Gasteiger partial charge is 0.461 e. The van der Waals surface area contributed by atoms with E-state index in [4.69, 9.17) is 10.2 Å². The van der Waals surface area contributed by atoms with E-state index in [-0.39, 0.29) is 12.4 Å². The van der Waals surface area contributed by atoms with Gasteiger partial charge in [-0.1, -0.05) is 18.2 Å². The van der Waals surface area contributed by atoms with Crippen LogP contribution >= 0.6 is 12.4 Å². The van der Waals surface area contributed by atoms with Gasteiger partial charge in [-0.15, -0.1) is 12.4 Å². The van der Waals surface area contributed by atoms with Crippen molar-refractivity contribution in [3.05, 3.63) is 35.6 Å². The molecule has 3 rings (SSSR count). The second-order valence-corrected chi connectivity index (χ2v) is 5.95. The Morgan fingerprint density at radius 3 is 2.95 bits per heavy atom. The second-order valence-electron chi connectivity index (χ2n) is 5.95. The molecule has 2 heterocycles. The van der Waals surface area contributed by atoms with E-state index in [9.17, 15) is 0 Å². The van der Waals surface area contributed by atoms with Gasteiger partial charge >= 0.3 is 0 Å². The third-order valence-electron chi connectivity index (χ3n) is 4.46. The first-order chi connectivity index (χ1) is 9.78. The molecule has 3 nitrogen and oxygen atoms in total. The van der Waals surface area contributed by atoms with E-state index in [0.29, 0.717) is 0 Å². The van der Waals surface area contributed by atoms with Crippen LogP contribution in [0.3, 0.4) is 0 Å². The smallest absolute Gasteiger partial charge is 0.134 e. The minimum Gasteiger partial charge on any atom is -0.461 e. The first-order valence-corrected chi connectivity index (χ1v) is 7.67. The van der Waals surface area contributed by atoms with E-state index in [1.54, 1.807) is 0 Å². The van der Waals surface area contributed by atoms with E-state index in [0.717, 1.165) is 36.8 Å². The van der Waals surface area contributed by atoms with Gasteiger partial charge in [-0.3, -0.25) is 4.90 Å². The summed E-state index contributed by atoms with van der Waals surface area (Å²) in [6.07, 6.45) is 3.78. The molecule has 0 bridgehead atoms. The number of rotatable bonds is 4. The summed E-state index contributed by atoms with van der Waals surface area (Å²) in [5.74, 6) is 1.83. The first-order valence-electron chi connectivity index (χ1n) is 7.67. The minimum atomic E-state index is 0. The van der Waals surface area contributed by atoms with Crippen LogP contribution in [0.2, 0.25) is 0 Å². The van der Waals surface area contributed by atoms with Crippen molar-refractivity contribution in [3.8, 4) is 0 Å². The predicted octanol–water partition coefficient (Wildman–Crippen LogP) is 3.72. The minimum absolute atomic E-state index is 0. The average Bonchev–Trinajstić information content (AvgIpc) is 2.76. The van der Waals surface area contributed by atoms with E-state index < -0.39 is 0 Å². The predicted molar refractivity (Wildman–Crippen MR) is 89.9 cm³/mol. The van der Waals surface area contributed by atoms with Crippen molar-refractivity contribution in [2.24, 2.45) is 11.7 Å². The molecular weight excluding hydrogens is 284 g/mol. The van der Waals surface area contributed by atoms with Gasteiger partial charge in [-0.25, -0.2) is 0 Å². The third-order valence-corrected chi connectivity index (χ3v) is 4.46. The summed E-state index contributed by atoms with van der Waals surface area (Å²) in [6, 6.07) is 8.35. The van der Waals surface area contributed by atoms with Crippen molar-refractivity contribution in [1.29, 1.82) is 0 Å². The van der Waals surface area contributed by atoms with Crippen LogP contribution in [0.5, 0.6) is 0 Å². The van der Waals surface area contributed by atoms with Gasteiger partial charge in [0.05, 0.1) is 0 Å². The number of aryl methyl sites for hydroxylation is 1. The van der Waals surface area contributed by atoms with Crippen LogP contribution in [0, 0.1) is 12.8 Å². The molecule has 1 aromatic heterocycles. The van der Waals surface area contributed by atoms with Crippen LogP contribution in [0.25, 0.3) is 11.0 Å². The fraction of sp³-hybridized carbons (Fsp3) is 0.529. The van der Waals surface area contributed by atoms with E-state index in [1.165, 1.54) is 36.9 Å². The van der Waals surface area contributed by atoms with Crippen LogP contribution in [0.15, 0.2) is 28.7 Å². The van der Waals surface area contributed by atoms with Gasteiger partial charge in [-0.2, -0.15) is 0 Å². The number of benzene rings is 1. The molecule has 1 unspecified atom stereocenters. The highest BCUT2D eigenvalue weighted by atomic mass is 35.5. The van der Waals surface area contributed by atoms with Crippen molar-refractivity contribution in [2.45, 2.75) is 32.7 Å². The standard InChI is InChI=1S/C17H24N2O.ClH/c1-13-16(15-6-2-3-7-17(15)20-13)12-19-10-4-5-14(11-19)8-9-18;/h2-3,6-7,14H,4-5,8-12,18H2,1H3;1H. The molecule has 1 saturated heterocycles. The lowest BCUT2D eigenvalue weighted by molar-refractivity contribution is 0.163. The van der Waals surface area contributed by atoms with Crippen LogP contribution in [-0.2, 0) is 6.54 Å². The number of fused-ring (bicyclic) bond motifs is 1. The molecule has 0 spiro atoms. The van der Waals surface area contributed by atoms with Crippen molar-refractivity contribution >= 4 is 23.4 Å². The number of likely N-dealkylation sites (tertiary alicyclic amines) is 1. The Balaban J connectivity index is 0.00000161. The number of piperidine rings is 1. The van der Waals surface area contributed by atoms with Crippen LogP contribution in [0.4, 0.5) is 0 Å². The summed E-state index contributed by atoms with van der Waals surface area (Å²) < 4.78 is 5.87. The lowest BCUT2D eigenvalue weighted by Gasteiger charge is -2.32. The Morgan fingerprint density at radius 1 is 1.33 bits per heavy atom. The SMILES string of the molecule is Cc1oc2ccccc2c1CN1CCCC(CCN)C1.Cl. The van der Waals surface area contributed by atoms with Crippen molar-refractivity contribution in [1.82, 2.24) is 4.90 Å². The van der Waals surface area contributed by atoms with Crippen LogP contribution in [-0.4, -0.2) is 24.5 Å². The number of hydrogen-bond donors (Lipinski definition) is 1. The molecule has 1 aliphatic heterocycles. The summed E-state index contributed by atoms with van der Waals surface area (Å²) in [7, 11) is 0. The van der Waals surface area contributed by atoms with Gasteiger partial charge in [0.1, 0.15) is 11.3 Å². The third kappa shape index (κ3) is 3.60. The number of nitrogens with two attached hydrogens (primary N) is 1. The molecule has 1 aliphatic rings. The molecule has 0 amide bonds. The molecule has 0 radical (unpaired) electrons. The Hall–Kier alpha value is -1.03. The maximum Gasteiger partial charge on any atom is 0.134 e. The van der Waals surface area contributed by atoms with Gasteiger partial charge in [0, 0.05) is 24.0 Å². The number of nitrogens with zero attached hydrogens (tertiary/aromatic N) is 1. The molecule has 116 valence electrons. The van der Waals surface area contributed by atoms with Gasteiger partial charge in [0.15, 0.2) is 0 Å². The Morgan fingerprint density at radius 2 is 2.14 bits per heavy atom. The fourth-order valence-electron chi connectivity index (χ4n) is 3.41. The summed E-state index contributed by atoms with van der Waals surface area (Å²) in [4.78, 5) is 2.56. The zero-order chi connectivity index (χ0) is 13.9. The molecule has 1 atom stereocenters. The zero-order valence-electron chi connectivity index (χ0n) is 12.7. The van der Waals surface area contributed by atoms with Gasteiger partial charge in [0.25, 0.3) is 0 Å². The highest BCUT2D eigenvalue weighted by molar-refractivity contribution is 5.85. The van der Waals surface area contributed by atoms with Crippen molar-refractivity contribution in [3.63, 3.8) is 0 Å². The average molecular weight is 309 g/mol. The zero-order valence-corrected chi connectivity index (χ0v) is 13.5. The van der Waals surface area contributed by atoms with Gasteiger partial charge < -0.3 is 10.2 Å². The van der Waals surface area contributed by atoms with Crippen LogP contribution in [0.1, 0.15) is 30.6 Å². The fourth-order valence-corrected chi connectivity index (χ4v) is 3.41.